The first-order chi connectivity index (χ1) is 40.5. The molecule has 1 unspecified atom stereocenters. The fraction of sp³-hybridized carbons (Fsp3) is 0.697. The van der Waals surface area contributed by atoms with Crippen LogP contribution >= 0.6 is 0 Å². The largest absolute Gasteiger partial charge is 0.462 e. The van der Waals surface area contributed by atoms with Gasteiger partial charge < -0.3 is 14.2 Å². The van der Waals surface area contributed by atoms with Gasteiger partial charge in [-0.2, -0.15) is 0 Å². The maximum Gasteiger partial charge on any atom is 0.306 e. The van der Waals surface area contributed by atoms with Crippen LogP contribution in [0, 0.1) is 0 Å². The van der Waals surface area contributed by atoms with E-state index in [9.17, 15) is 14.4 Å². The van der Waals surface area contributed by atoms with Gasteiger partial charge in [0.2, 0.25) is 0 Å². The summed E-state index contributed by atoms with van der Waals surface area (Å²) in [5.74, 6) is -0.906. The summed E-state index contributed by atoms with van der Waals surface area (Å²) in [6.07, 6.45) is 96.6. The van der Waals surface area contributed by atoms with Gasteiger partial charge in [-0.05, 0) is 128 Å². The van der Waals surface area contributed by atoms with E-state index >= 15 is 0 Å². The van der Waals surface area contributed by atoms with Gasteiger partial charge in [0, 0.05) is 19.3 Å². The zero-order valence-electron chi connectivity index (χ0n) is 53.7. The number of carbonyl (C=O) groups excluding carboxylic acids is 3. The van der Waals surface area contributed by atoms with E-state index in [-0.39, 0.29) is 31.1 Å². The molecule has 1 atom stereocenters. The van der Waals surface area contributed by atoms with Crippen LogP contribution in [0.1, 0.15) is 323 Å². The fourth-order valence-electron chi connectivity index (χ4n) is 9.52. The maximum atomic E-state index is 12.9. The number of esters is 3. The normalized spacial score (nSPS) is 12.9. The molecular weight excluding hydrogens is 1010 g/mol. The van der Waals surface area contributed by atoms with Crippen LogP contribution in [0.15, 0.2) is 122 Å². The van der Waals surface area contributed by atoms with Gasteiger partial charge in [-0.1, -0.05) is 296 Å². The minimum atomic E-state index is -0.791. The highest BCUT2D eigenvalue weighted by atomic mass is 16.6. The highest BCUT2D eigenvalue weighted by Gasteiger charge is 2.19. The Balaban J connectivity index is 4.26. The van der Waals surface area contributed by atoms with Crippen LogP contribution in [0.4, 0.5) is 0 Å². The molecule has 0 heterocycles. The Hall–Kier alpha value is -4.19. The second-order valence-electron chi connectivity index (χ2n) is 22.7. The lowest BCUT2D eigenvalue weighted by molar-refractivity contribution is -0.167. The molecule has 0 bridgehead atoms. The summed E-state index contributed by atoms with van der Waals surface area (Å²) in [4.78, 5) is 38.3. The number of rotatable bonds is 62. The van der Waals surface area contributed by atoms with E-state index in [1.807, 2.05) is 0 Å². The standard InChI is InChI=1S/C76H128O6/c1-4-7-10-13-16-19-22-24-26-28-30-32-34-35-36-37-38-39-40-41-43-44-46-48-50-52-54-57-60-63-66-69-75(78)81-72-73(71-80-74(77)68-65-62-59-56-21-18-15-12-9-6-3)82-76(79)70-67-64-61-58-55-53-51-49-47-45-42-33-31-29-27-25-23-20-17-14-11-8-5-2/h7,10,12,15-16,19,24,26,29-32,35-36,38-39,41,43,46,48,73H,4-6,8-9,11,13-14,17-18,20-23,25,27-28,33-34,37,40,42,44-45,47,49-72H2,1-3H3/b10-7-,15-12-,19-16-,26-24-,31-29-,32-30-,36-35-,39-38-,43-41-,48-46-. The summed E-state index contributed by atoms with van der Waals surface area (Å²) in [6, 6.07) is 0. The van der Waals surface area contributed by atoms with Crippen molar-refractivity contribution in [3.05, 3.63) is 122 Å². The van der Waals surface area contributed by atoms with E-state index in [4.69, 9.17) is 14.2 Å². The van der Waals surface area contributed by atoms with Gasteiger partial charge in [0.05, 0.1) is 0 Å². The second kappa shape index (κ2) is 69.3. The highest BCUT2D eigenvalue weighted by molar-refractivity contribution is 5.71. The molecule has 6 heteroatoms. The number of unbranched alkanes of at least 4 members (excludes halogenated alkanes) is 31. The van der Waals surface area contributed by atoms with Gasteiger partial charge in [-0.15, -0.1) is 0 Å². The molecule has 0 aromatic heterocycles. The van der Waals surface area contributed by atoms with Crippen molar-refractivity contribution < 1.29 is 28.6 Å². The Morgan fingerprint density at radius 1 is 0.256 bits per heavy atom. The van der Waals surface area contributed by atoms with Crippen molar-refractivity contribution in [2.24, 2.45) is 0 Å². The van der Waals surface area contributed by atoms with E-state index in [2.05, 4.69) is 142 Å². The molecule has 468 valence electrons. The SMILES string of the molecule is CC/C=C\C/C=C\C/C=C\C/C=C\C/C=C\C/C=C\C/C=C\C/C=C\CCCCCCCCC(=O)OCC(COC(=O)CCCCCCC/C=C\CCC)OC(=O)CCCCCCCCCCCCC/C=C\CCCCCCCCCC. The first-order valence-corrected chi connectivity index (χ1v) is 34.5. The zero-order valence-corrected chi connectivity index (χ0v) is 53.7. The van der Waals surface area contributed by atoms with Crippen molar-refractivity contribution in [2.75, 3.05) is 13.2 Å². The van der Waals surface area contributed by atoms with E-state index in [1.54, 1.807) is 0 Å². The summed E-state index contributed by atoms with van der Waals surface area (Å²) >= 11 is 0. The number of hydrogen-bond donors (Lipinski definition) is 0. The topological polar surface area (TPSA) is 78.9 Å². The molecule has 0 aromatic carbocycles. The Bertz CT molecular complexity index is 1690. The second-order valence-corrected chi connectivity index (χ2v) is 22.7. The van der Waals surface area contributed by atoms with Crippen molar-refractivity contribution in [3.8, 4) is 0 Å². The first-order valence-electron chi connectivity index (χ1n) is 34.5. The molecule has 0 spiro atoms. The molecule has 0 aliphatic carbocycles. The molecule has 0 aliphatic rings. The first kappa shape index (κ1) is 77.8. The molecule has 0 N–H and O–H groups in total. The number of allylic oxidation sites excluding steroid dienone is 20. The van der Waals surface area contributed by atoms with Crippen molar-refractivity contribution >= 4 is 17.9 Å². The Labute approximate surface area is 507 Å². The Morgan fingerprint density at radius 2 is 0.500 bits per heavy atom. The maximum absolute atomic E-state index is 12.9. The number of ether oxygens (including phenoxy) is 3. The molecule has 82 heavy (non-hydrogen) atoms. The summed E-state index contributed by atoms with van der Waals surface area (Å²) < 4.78 is 16.9. The quantitative estimate of drug-likeness (QED) is 0.0261. The van der Waals surface area contributed by atoms with Crippen LogP contribution in [0.2, 0.25) is 0 Å². The predicted octanol–water partition coefficient (Wildman–Crippen LogP) is 23.9. The lowest BCUT2D eigenvalue weighted by Gasteiger charge is -2.18. The molecule has 0 saturated carbocycles. The average molecular weight is 1140 g/mol. The lowest BCUT2D eigenvalue weighted by Crippen LogP contribution is -2.30. The molecule has 0 rings (SSSR count). The number of hydrogen-bond acceptors (Lipinski definition) is 6. The third-order valence-corrected chi connectivity index (χ3v) is 14.7. The monoisotopic (exact) mass is 1140 g/mol. The zero-order chi connectivity index (χ0) is 59.2. The minimum Gasteiger partial charge on any atom is -0.462 e. The molecule has 0 radical (unpaired) electrons. The van der Waals surface area contributed by atoms with Gasteiger partial charge in [0.25, 0.3) is 0 Å². The Kier molecular flexibility index (Phi) is 65.8. The average Bonchev–Trinajstić information content (AvgIpc) is 3.47. The predicted molar refractivity (Wildman–Crippen MR) is 357 cm³/mol. The van der Waals surface area contributed by atoms with Crippen molar-refractivity contribution in [3.63, 3.8) is 0 Å². The third kappa shape index (κ3) is 66.6. The van der Waals surface area contributed by atoms with E-state index < -0.39 is 6.10 Å². The van der Waals surface area contributed by atoms with Crippen LogP contribution in [0.3, 0.4) is 0 Å². The molecule has 0 aliphatic heterocycles. The van der Waals surface area contributed by atoms with Gasteiger partial charge in [-0.3, -0.25) is 14.4 Å². The summed E-state index contributed by atoms with van der Waals surface area (Å²) in [5, 5.41) is 0. The summed E-state index contributed by atoms with van der Waals surface area (Å²) in [7, 11) is 0. The number of carbonyl (C=O) groups is 3. The van der Waals surface area contributed by atoms with Crippen molar-refractivity contribution in [1.29, 1.82) is 0 Å². The van der Waals surface area contributed by atoms with E-state index in [0.29, 0.717) is 19.3 Å². The summed E-state index contributed by atoms with van der Waals surface area (Å²) in [5.41, 5.74) is 0. The van der Waals surface area contributed by atoms with Crippen LogP contribution in [-0.2, 0) is 28.6 Å². The van der Waals surface area contributed by atoms with E-state index in [1.165, 1.54) is 141 Å². The minimum absolute atomic E-state index is 0.0879. The smallest absolute Gasteiger partial charge is 0.306 e. The van der Waals surface area contributed by atoms with Crippen molar-refractivity contribution in [2.45, 2.75) is 329 Å². The van der Waals surface area contributed by atoms with Crippen LogP contribution in [-0.4, -0.2) is 37.2 Å². The molecule has 0 fully saturated rings. The van der Waals surface area contributed by atoms with Gasteiger partial charge in [0.15, 0.2) is 6.10 Å². The molecule has 0 saturated heterocycles. The fourth-order valence-corrected chi connectivity index (χ4v) is 9.52. The highest BCUT2D eigenvalue weighted by Crippen LogP contribution is 2.16. The Morgan fingerprint density at radius 3 is 0.805 bits per heavy atom. The molecule has 0 amide bonds. The van der Waals surface area contributed by atoms with Gasteiger partial charge in [0.1, 0.15) is 13.2 Å². The van der Waals surface area contributed by atoms with Gasteiger partial charge in [-0.25, -0.2) is 0 Å². The van der Waals surface area contributed by atoms with Crippen molar-refractivity contribution in [1.82, 2.24) is 0 Å². The lowest BCUT2D eigenvalue weighted by atomic mass is 10.0. The third-order valence-electron chi connectivity index (χ3n) is 14.7. The van der Waals surface area contributed by atoms with E-state index in [0.717, 1.165) is 141 Å². The van der Waals surface area contributed by atoms with Gasteiger partial charge >= 0.3 is 17.9 Å². The summed E-state index contributed by atoms with van der Waals surface area (Å²) in [6.45, 7) is 6.47. The molecule has 6 nitrogen and oxygen atoms in total. The molecule has 0 aromatic rings. The van der Waals surface area contributed by atoms with Crippen LogP contribution in [0.5, 0.6) is 0 Å². The van der Waals surface area contributed by atoms with Crippen LogP contribution < -0.4 is 0 Å². The molecular formula is C76H128O6. The van der Waals surface area contributed by atoms with Crippen LogP contribution in [0.25, 0.3) is 0 Å².